The molecule has 5 nitrogen and oxygen atoms in total. The van der Waals surface area contributed by atoms with E-state index in [9.17, 15) is 9.90 Å². The van der Waals surface area contributed by atoms with Crippen LogP contribution in [0.1, 0.15) is 15.9 Å². The average Bonchev–Trinajstić information content (AvgIpc) is 2.38. The number of hydrogen-bond acceptors (Lipinski definition) is 5. The third-order valence-electron chi connectivity index (χ3n) is 3.19. The molecule has 1 aromatic carbocycles. The van der Waals surface area contributed by atoms with E-state index >= 15 is 0 Å². The molecule has 1 heterocycles. The van der Waals surface area contributed by atoms with Gasteiger partial charge in [0, 0.05) is 37.8 Å². The molecule has 0 saturated carbocycles. The van der Waals surface area contributed by atoms with Crippen molar-refractivity contribution >= 4 is 22.9 Å². The first kappa shape index (κ1) is 14.3. The van der Waals surface area contributed by atoms with Gasteiger partial charge in [-0.2, -0.15) is 0 Å². The summed E-state index contributed by atoms with van der Waals surface area (Å²) in [7, 11) is 7.70. The van der Waals surface area contributed by atoms with E-state index in [-0.39, 0.29) is 5.75 Å². The second-order valence-electron chi connectivity index (χ2n) is 5.24. The monoisotopic (exact) mass is 273 g/mol. The van der Waals surface area contributed by atoms with Gasteiger partial charge in [-0.15, -0.1) is 0 Å². The normalized spacial score (nSPS) is 11.1. The maximum absolute atomic E-state index is 11.4. The summed E-state index contributed by atoms with van der Waals surface area (Å²) in [5.41, 5.74) is 2.50. The molecule has 0 aliphatic heterocycles. The second-order valence-corrected chi connectivity index (χ2v) is 5.24. The number of aldehydes is 1. The van der Waals surface area contributed by atoms with Crippen molar-refractivity contribution in [2.75, 3.05) is 33.1 Å². The van der Waals surface area contributed by atoms with Gasteiger partial charge in [0.1, 0.15) is 5.52 Å². The number of carbonyl (C=O) groups is 1. The lowest BCUT2D eigenvalue weighted by atomic mass is 9.99. The molecule has 2 rings (SSSR count). The molecule has 0 bridgehead atoms. The molecule has 0 atom stereocenters. The number of nitrogens with zero attached hydrogens (tertiary/aromatic N) is 3. The fourth-order valence-electron chi connectivity index (χ4n) is 2.46. The Kier molecular flexibility index (Phi) is 3.90. The zero-order valence-corrected chi connectivity index (χ0v) is 12.2. The summed E-state index contributed by atoms with van der Waals surface area (Å²) in [5, 5.41) is 11.2. The van der Waals surface area contributed by atoms with Crippen LogP contribution in [0.3, 0.4) is 0 Å². The number of benzene rings is 1. The van der Waals surface area contributed by atoms with E-state index in [2.05, 4.69) is 4.98 Å². The van der Waals surface area contributed by atoms with Crippen molar-refractivity contribution in [1.82, 2.24) is 9.88 Å². The molecule has 0 unspecified atom stereocenters. The third kappa shape index (κ3) is 2.32. The van der Waals surface area contributed by atoms with E-state index in [0.29, 0.717) is 23.9 Å². The van der Waals surface area contributed by atoms with Crippen molar-refractivity contribution in [3.8, 4) is 5.75 Å². The number of aromatic hydroxyl groups is 1. The minimum atomic E-state index is -0.0435. The summed E-state index contributed by atoms with van der Waals surface area (Å²) < 4.78 is 0. The zero-order chi connectivity index (χ0) is 14.9. The van der Waals surface area contributed by atoms with E-state index < -0.39 is 0 Å². The summed E-state index contributed by atoms with van der Waals surface area (Å²) in [6.45, 7) is 0.569. The van der Waals surface area contributed by atoms with Gasteiger partial charge >= 0.3 is 0 Å². The Morgan fingerprint density at radius 2 is 2.00 bits per heavy atom. The first-order valence-electron chi connectivity index (χ1n) is 6.37. The van der Waals surface area contributed by atoms with Crippen LogP contribution in [0.15, 0.2) is 18.3 Å². The maximum atomic E-state index is 11.4. The van der Waals surface area contributed by atoms with Crippen LogP contribution in [0, 0.1) is 0 Å². The summed E-state index contributed by atoms with van der Waals surface area (Å²) in [4.78, 5) is 19.5. The topological polar surface area (TPSA) is 56.7 Å². The Balaban J connectivity index is 2.92. The number of carbonyl (C=O) groups excluding carboxylic acids is 1. The van der Waals surface area contributed by atoms with E-state index in [4.69, 9.17) is 0 Å². The van der Waals surface area contributed by atoms with Crippen molar-refractivity contribution in [3.63, 3.8) is 0 Å². The molecular formula is C15H19N3O2. The Bertz CT molecular complexity index is 651. The maximum Gasteiger partial charge on any atom is 0.154 e. The standard InChI is InChI=1S/C15H19N3O2/c1-17(2)8-11-12(9-19)15(20)13-10(6-5-7-16-13)14(11)18(3)4/h5-7,9,20H,8H2,1-4H3. The van der Waals surface area contributed by atoms with Crippen LogP contribution in [-0.2, 0) is 6.54 Å². The molecule has 0 amide bonds. The number of anilines is 1. The van der Waals surface area contributed by atoms with Crippen LogP contribution in [0.25, 0.3) is 10.9 Å². The molecule has 2 aromatic rings. The molecule has 1 aromatic heterocycles. The first-order valence-corrected chi connectivity index (χ1v) is 6.37. The summed E-state index contributed by atoms with van der Waals surface area (Å²) in [5.74, 6) is -0.0435. The van der Waals surface area contributed by atoms with Crippen LogP contribution in [0.2, 0.25) is 0 Å². The number of aromatic nitrogens is 1. The fourth-order valence-corrected chi connectivity index (χ4v) is 2.46. The van der Waals surface area contributed by atoms with Gasteiger partial charge in [0.25, 0.3) is 0 Å². The van der Waals surface area contributed by atoms with Gasteiger partial charge in [-0.05, 0) is 26.2 Å². The molecule has 0 aliphatic rings. The predicted molar refractivity (Wildman–Crippen MR) is 80.5 cm³/mol. The third-order valence-corrected chi connectivity index (χ3v) is 3.19. The number of phenols is 1. The minimum Gasteiger partial charge on any atom is -0.505 e. The first-order chi connectivity index (χ1) is 9.47. The van der Waals surface area contributed by atoms with Crippen LogP contribution >= 0.6 is 0 Å². The van der Waals surface area contributed by atoms with Gasteiger partial charge in [0.15, 0.2) is 12.0 Å². The fraction of sp³-hybridized carbons (Fsp3) is 0.333. The van der Waals surface area contributed by atoms with Crippen molar-refractivity contribution in [2.24, 2.45) is 0 Å². The zero-order valence-electron chi connectivity index (χ0n) is 12.2. The van der Waals surface area contributed by atoms with E-state index in [0.717, 1.165) is 16.6 Å². The lowest BCUT2D eigenvalue weighted by Crippen LogP contribution is -2.19. The van der Waals surface area contributed by atoms with Gasteiger partial charge in [-0.3, -0.25) is 9.78 Å². The Hall–Kier alpha value is -2.14. The Morgan fingerprint density at radius 1 is 1.30 bits per heavy atom. The van der Waals surface area contributed by atoms with Crippen molar-refractivity contribution in [1.29, 1.82) is 0 Å². The van der Waals surface area contributed by atoms with Crippen LogP contribution in [0.4, 0.5) is 5.69 Å². The van der Waals surface area contributed by atoms with Gasteiger partial charge in [0.2, 0.25) is 0 Å². The number of phenolic OH excluding ortho intramolecular Hbond substituents is 1. The highest BCUT2D eigenvalue weighted by molar-refractivity contribution is 6.03. The molecule has 0 spiro atoms. The number of pyridine rings is 1. The second kappa shape index (κ2) is 5.46. The van der Waals surface area contributed by atoms with Gasteiger partial charge in [-0.1, -0.05) is 0 Å². The SMILES string of the molecule is CN(C)Cc1c(C=O)c(O)c2ncccc2c1N(C)C. The summed E-state index contributed by atoms with van der Waals surface area (Å²) >= 11 is 0. The lowest BCUT2D eigenvalue weighted by Gasteiger charge is -2.24. The molecule has 5 heteroatoms. The molecule has 0 fully saturated rings. The van der Waals surface area contributed by atoms with Crippen molar-refractivity contribution in [3.05, 3.63) is 29.5 Å². The summed E-state index contributed by atoms with van der Waals surface area (Å²) in [6, 6.07) is 3.74. The van der Waals surface area contributed by atoms with Gasteiger partial charge in [-0.25, -0.2) is 0 Å². The van der Waals surface area contributed by atoms with E-state index in [1.165, 1.54) is 0 Å². The number of hydrogen-bond donors (Lipinski definition) is 1. The Labute approximate surface area is 118 Å². The van der Waals surface area contributed by atoms with E-state index in [1.807, 2.05) is 50.1 Å². The van der Waals surface area contributed by atoms with Crippen molar-refractivity contribution in [2.45, 2.75) is 6.54 Å². The molecule has 0 saturated heterocycles. The minimum absolute atomic E-state index is 0.0435. The van der Waals surface area contributed by atoms with Crippen LogP contribution in [0.5, 0.6) is 5.75 Å². The number of rotatable bonds is 4. The number of fused-ring (bicyclic) bond motifs is 1. The highest BCUT2D eigenvalue weighted by atomic mass is 16.3. The smallest absolute Gasteiger partial charge is 0.154 e. The largest absolute Gasteiger partial charge is 0.505 e. The average molecular weight is 273 g/mol. The lowest BCUT2D eigenvalue weighted by molar-refractivity contribution is 0.111. The van der Waals surface area contributed by atoms with Crippen molar-refractivity contribution < 1.29 is 9.90 Å². The van der Waals surface area contributed by atoms with Crippen LogP contribution in [-0.4, -0.2) is 49.5 Å². The highest BCUT2D eigenvalue weighted by Gasteiger charge is 2.20. The Morgan fingerprint density at radius 3 is 2.55 bits per heavy atom. The van der Waals surface area contributed by atoms with E-state index in [1.54, 1.807) is 6.20 Å². The van der Waals surface area contributed by atoms with Gasteiger partial charge < -0.3 is 14.9 Å². The molecular weight excluding hydrogens is 254 g/mol. The van der Waals surface area contributed by atoms with Crippen LogP contribution < -0.4 is 4.90 Å². The molecule has 0 radical (unpaired) electrons. The molecule has 106 valence electrons. The molecule has 1 N–H and O–H groups in total. The molecule has 0 aliphatic carbocycles. The van der Waals surface area contributed by atoms with Gasteiger partial charge in [0.05, 0.1) is 11.3 Å². The molecule has 20 heavy (non-hydrogen) atoms. The quantitative estimate of drug-likeness (QED) is 0.862. The highest BCUT2D eigenvalue weighted by Crippen LogP contribution is 2.38. The predicted octanol–water partition coefficient (Wildman–Crippen LogP) is 1.88. The summed E-state index contributed by atoms with van der Waals surface area (Å²) in [6.07, 6.45) is 2.32.